The Labute approximate surface area is 113 Å². The number of nitrogens with one attached hydrogen (secondary N) is 2. The molecule has 0 atom stereocenters. The maximum atomic E-state index is 12.4. The van der Waals surface area contributed by atoms with Crippen LogP contribution >= 0.6 is 0 Å². The Bertz CT molecular complexity index is 337. The van der Waals surface area contributed by atoms with Crippen LogP contribution in [-0.2, 0) is 0 Å². The van der Waals surface area contributed by atoms with Crippen LogP contribution in [-0.4, -0.2) is 17.9 Å². The third-order valence-electron chi connectivity index (χ3n) is 3.61. The third-order valence-corrected chi connectivity index (χ3v) is 3.61. The van der Waals surface area contributed by atoms with Crippen molar-refractivity contribution in [1.29, 1.82) is 5.41 Å². The lowest BCUT2D eigenvalue weighted by Crippen LogP contribution is -2.34. The van der Waals surface area contributed by atoms with E-state index >= 15 is 0 Å². The standard InChI is InChI=1S/C14H23F3N2/c1-9(2)12(8-13(18)14(15,16)17)19-11-6-4-10(3)5-7-11/h8-11,18-19H,4-7H2,1-3H3/b12-8-,18-13?. The monoisotopic (exact) mass is 276 g/mol. The molecule has 2 nitrogen and oxygen atoms in total. The molecule has 110 valence electrons. The fourth-order valence-electron chi connectivity index (χ4n) is 2.25. The van der Waals surface area contributed by atoms with Gasteiger partial charge in [0, 0.05) is 11.7 Å². The fraction of sp³-hybridized carbons (Fsp3) is 0.786. The van der Waals surface area contributed by atoms with Crippen LogP contribution in [0.5, 0.6) is 0 Å². The van der Waals surface area contributed by atoms with Crippen molar-refractivity contribution in [1.82, 2.24) is 5.32 Å². The summed E-state index contributed by atoms with van der Waals surface area (Å²) in [6, 6.07) is 0.242. The van der Waals surface area contributed by atoms with Gasteiger partial charge in [0.15, 0.2) is 0 Å². The molecule has 0 heterocycles. The molecule has 0 saturated heterocycles. The largest absolute Gasteiger partial charge is 0.432 e. The van der Waals surface area contributed by atoms with Gasteiger partial charge in [-0.15, -0.1) is 0 Å². The highest BCUT2D eigenvalue weighted by Gasteiger charge is 2.33. The minimum absolute atomic E-state index is 0.0398. The molecule has 0 bridgehead atoms. The van der Waals surface area contributed by atoms with Crippen molar-refractivity contribution in [2.24, 2.45) is 11.8 Å². The molecule has 1 aliphatic rings. The van der Waals surface area contributed by atoms with E-state index in [-0.39, 0.29) is 12.0 Å². The van der Waals surface area contributed by atoms with Gasteiger partial charge in [0.05, 0.1) is 0 Å². The maximum Gasteiger partial charge on any atom is 0.432 e. The van der Waals surface area contributed by atoms with Crippen LogP contribution in [0.15, 0.2) is 11.8 Å². The molecule has 1 aliphatic carbocycles. The smallest absolute Gasteiger partial charge is 0.385 e. The van der Waals surface area contributed by atoms with Crippen LogP contribution in [0.4, 0.5) is 13.2 Å². The Morgan fingerprint density at radius 2 is 1.74 bits per heavy atom. The molecule has 0 aromatic carbocycles. The number of alkyl halides is 3. The molecule has 0 aliphatic heterocycles. The number of allylic oxidation sites excluding steroid dienone is 2. The average Bonchev–Trinajstić information content (AvgIpc) is 2.29. The summed E-state index contributed by atoms with van der Waals surface area (Å²) in [6.45, 7) is 5.89. The Morgan fingerprint density at radius 3 is 2.16 bits per heavy atom. The molecule has 1 rings (SSSR count). The molecule has 0 aromatic rings. The first kappa shape index (κ1) is 16.1. The van der Waals surface area contributed by atoms with E-state index in [2.05, 4.69) is 12.2 Å². The average molecular weight is 276 g/mol. The second-order valence-electron chi connectivity index (χ2n) is 5.77. The van der Waals surface area contributed by atoms with Gasteiger partial charge in [-0.3, -0.25) is 5.41 Å². The summed E-state index contributed by atoms with van der Waals surface area (Å²) < 4.78 is 37.2. The van der Waals surface area contributed by atoms with Crippen molar-refractivity contribution in [3.8, 4) is 0 Å². The Hall–Kier alpha value is -1.00. The van der Waals surface area contributed by atoms with E-state index in [0.29, 0.717) is 11.6 Å². The van der Waals surface area contributed by atoms with E-state index in [1.165, 1.54) is 0 Å². The second-order valence-corrected chi connectivity index (χ2v) is 5.77. The van der Waals surface area contributed by atoms with E-state index in [9.17, 15) is 13.2 Å². The first-order chi connectivity index (χ1) is 8.70. The van der Waals surface area contributed by atoms with Gasteiger partial charge < -0.3 is 5.32 Å². The number of rotatable bonds is 4. The highest BCUT2D eigenvalue weighted by Crippen LogP contribution is 2.25. The quantitative estimate of drug-likeness (QED) is 0.739. The van der Waals surface area contributed by atoms with Crippen molar-refractivity contribution < 1.29 is 13.2 Å². The molecule has 5 heteroatoms. The molecule has 2 N–H and O–H groups in total. The summed E-state index contributed by atoms with van der Waals surface area (Å²) >= 11 is 0. The van der Waals surface area contributed by atoms with Crippen molar-refractivity contribution in [2.45, 2.75) is 58.7 Å². The van der Waals surface area contributed by atoms with Crippen molar-refractivity contribution >= 4 is 5.71 Å². The SMILES string of the molecule is CC1CCC(N/C(=C\C(=N)C(F)(F)F)C(C)C)CC1. The molecular weight excluding hydrogens is 253 g/mol. The highest BCUT2D eigenvalue weighted by atomic mass is 19.4. The summed E-state index contributed by atoms with van der Waals surface area (Å²) in [5, 5.41) is 10.3. The van der Waals surface area contributed by atoms with Crippen molar-refractivity contribution in [3.63, 3.8) is 0 Å². The minimum Gasteiger partial charge on any atom is -0.385 e. The van der Waals surface area contributed by atoms with Crippen molar-refractivity contribution in [2.75, 3.05) is 0 Å². The Kier molecular flexibility index (Phi) is 5.44. The minimum atomic E-state index is -4.57. The van der Waals surface area contributed by atoms with Gasteiger partial charge >= 0.3 is 6.18 Å². The summed E-state index contributed by atoms with van der Waals surface area (Å²) in [5.74, 6) is 0.667. The topological polar surface area (TPSA) is 35.9 Å². The lowest BCUT2D eigenvalue weighted by atomic mass is 9.87. The Morgan fingerprint density at radius 1 is 1.21 bits per heavy atom. The number of hydrogen-bond acceptors (Lipinski definition) is 2. The first-order valence-corrected chi connectivity index (χ1v) is 6.84. The fourth-order valence-corrected chi connectivity index (χ4v) is 2.25. The molecule has 0 unspecified atom stereocenters. The molecule has 1 fully saturated rings. The van der Waals surface area contributed by atoms with Gasteiger partial charge in [-0.25, -0.2) is 0 Å². The maximum absolute atomic E-state index is 12.4. The van der Waals surface area contributed by atoms with E-state index in [4.69, 9.17) is 5.41 Å². The lowest BCUT2D eigenvalue weighted by Gasteiger charge is -2.30. The number of hydrogen-bond donors (Lipinski definition) is 2. The van der Waals surface area contributed by atoms with E-state index in [1.54, 1.807) is 0 Å². The van der Waals surface area contributed by atoms with Crippen LogP contribution < -0.4 is 5.32 Å². The summed E-state index contributed by atoms with van der Waals surface area (Å²) in [4.78, 5) is 0. The van der Waals surface area contributed by atoms with Crippen LogP contribution in [0.3, 0.4) is 0 Å². The van der Waals surface area contributed by atoms with Gasteiger partial charge in [-0.1, -0.05) is 20.8 Å². The molecular formula is C14H23F3N2. The highest BCUT2D eigenvalue weighted by molar-refractivity contribution is 5.97. The normalized spacial score (nSPS) is 25.5. The predicted octanol–water partition coefficient (Wildman–Crippen LogP) is 4.28. The zero-order valence-corrected chi connectivity index (χ0v) is 11.8. The van der Waals surface area contributed by atoms with Gasteiger partial charge in [-0.05, 0) is 43.6 Å². The number of halogens is 3. The van der Waals surface area contributed by atoms with E-state index < -0.39 is 11.9 Å². The molecule has 0 amide bonds. The van der Waals surface area contributed by atoms with Gasteiger partial charge in [0.2, 0.25) is 0 Å². The molecule has 0 aromatic heterocycles. The zero-order valence-electron chi connectivity index (χ0n) is 11.8. The van der Waals surface area contributed by atoms with Gasteiger partial charge in [0.25, 0.3) is 0 Å². The third kappa shape index (κ3) is 5.25. The first-order valence-electron chi connectivity index (χ1n) is 6.84. The van der Waals surface area contributed by atoms with E-state index in [0.717, 1.165) is 31.8 Å². The summed E-state index contributed by atoms with van der Waals surface area (Å²) in [7, 11) is 0. The van der Waals surface area contributed by atoms with E-state index in [1.807, 2.05) is 13.8 Å². The second kappa shape index (κ2) is 6.44. The van der Waals surface area contributed by atoms with Crippen molar-refractivity contribution in [3.05, 3.63) is 11.8 Å². The van der Waals surface area contributed by atoms with Crippen LogP contribution in [0, 0.1) is 17.2 Å². The molecule has 1 saturated carbocycles. The zero-order chi connectivity index (χ0) is 14.6. The molecule has 0 spiro atoms. The van der Waals surface area contributed by atoms with Crippen LogP contribution in [0.1, 0.15) is 46.5 Å². The van der Waals surface area contributed by atoms with Gasteiger partial charge in [-0.2, -0.15) is 13.2 Å². The lowest BCUT2D eigenvalue weighted by molar-refractivity contribution is -0.0584. The molecule has 0 radical (unpaired) electrons. The summed E-state index contributed by atoms with van der Waals surface area (Å²) in [5.41, 5.74) is -0.769. The van der Waals surface area contributed by atoms with Crippen LogP contribution in [0.25, 0.3) is 0 Å². The van der Waals surface area contributed by atoms with Gasteiger partial charge in [0.1, 0.15) is 5.71 Å². The molecule has 19 heavy (non-hydrogen) atoms. The Balaban J connectivity index is 2.68. The summed E-state index contributed by atoms with van der Waals surface area (Å²) in [6.07, 6.45) is 0.570. The predicted molar refractivity (Wildman–Crippen MR) is 71.3 cm³/mol. The van der Waals surface area contributed by atoms with Crippen LogP contribution in [0.2, 0.25) is 0 Å².